The Kier molecular flexibility index (Phi) is 8.21. The van der Waals surface area contributed by atoms with Gasteiger partial charge in [0.2, 0.25) is 0 Å². The second kappa shape index (κ2) is 10.1. The number of carbonyl (C=O) groups excluding carboxylic acids is 2. The number of allylic oxidation sites excluding steroid dienone is 1. The number of thiazole rings is 1. The van der Waals surface area contributed by atoms with Gasteiger partial charge in [-0.25, -0.2) is 4.98 Å². The molecule has 0 fully saturated rings. The average molecular weight is 448 g/mol. The minimum absolute atomic E-state index is 0.0855. The highest BCUT2D eigenvalue weighted by Gasteiger charge is 2.42. The zero-order chi connectivity index (χ0) is 23.5. The Bertz CT molecular complexity index is 892. The van der Waals surface area contributed by atoms with Gasteiger partial charge in [0.25, 0.3) is 0 Å². The Morgan fingerprint density at radius 1 is 1.35 bits per heavy atom. The van der Waals surface area contributed by atoms with Crippen LogP contribution in [0.2, 0.25) is 0 Å². The maximum Gasteiger partial charge on any atom is 0.309 e. The number of aliphatic hydroxyl groups is 2. The van der Waals surface area contributed by atoms with Crippen LogP contribution in [0, 0.1) is 29.6 Å². The number of rotatable bonds is 9. The first-order valence-corrected chi connectivity index (χ1v) is 11.5. The van der Waals surface area contributed by atoms with Gasteiger partial charge >= 0.3 is 5.97 Å². The molecule has 0 aromatic carbocycles. The quantitative estimate of drug-likeness (QED) is 0.443. The Morgan fingerprint density at radius 3 is 2.55 bits per heavy atom. The number of terminal acetylenes is 1. The summed E-state index contributed by atoms with van der Waals surface area (Å²) in [6.07, 6.45) is 4.07. The average Bonchev–Trinajstić information content (AvgIpc) is 3.32. The molecule has 31 heavy (non-hydrogen) atoms. The molecule has 7 heteroatoms. The molecule has 0 saturated carbocycles. The fraction of sp³-hybridized carbons (Fsp3) is 0.625. The van der Waals surface area contributed by atoms with E-state index in [1.165, 1.54) is 11.3 Å². The van der Waals surface area contributed by atoms with Crippen LogP contribution in [0.25, 0.3) is 5.57 Å². The minimum atomic E-state index is -1.21. The first-order chi connectivity index (χ1) is 14.4. The van der Waals surface area contributed by atoms with Gasteiger partial charge in [-0.1, -0.05) is 34.6 Å². The predicted octanol–water partition coefficient (Wildman–Crippen LogP) is 3.60. The number of Topliss-reactive ketones (excluding diaryl/α,β-unsaturated/α-hetero) is 1. The Balaban J connectivity index is 2.01. The van der Waals surface area contributed by atoms with Crippen molar-refractivity contribution in [3.8, 4) is 12.3 Å². The van der Waals surface area contributed by atoms with Gasteiger partial charge < -0.3 is 14.9 Å². The fourth-order valence-corrected chi connectivity index (χ4v) is 4.58. The molecule has 1 aromatic rings. The fourth-order valence-electron chi connectivity index (χ4n) is 3.94. The van der Waals surface area contributed by atoms with E-state index >= 15 is 0 Å². The van der Waals surface area contributed by atoms with E-state index in [1.807, 2.05) is 26.2 Å². The second-order valence-electron chi connectivity index (χ2n) is 9.19. The first kappa shape index (κ1) is 25.3. The van der Waals surface area contributed by atoms with Crippen molar-refractivity contribution >= 4 is 28.7 Å². The molecule has 1 aliphatic carbocycles. The highest BCUT2D eigenvalue weighted by molar-refractivity contribution is 7.10. The largest absolute Gasteiger partial charge is 0.458 e. The van der Waals surface area contributed by atoms with Crippen molar-refractivity contribution in [2.45, 2.75) is 79.1 Å². The van der Waals surface area contributed by atoms with Gasteiger partial charge in [0.1, 0.15) is 11.9 Å². The van der Waals surface area contributed by atoms with Gasteiger partial charge in [0.05, 0.1) is 29.7 Å². The Hall–Kier alpha value is -2.01. The van der Waals surface area contributed by atoms with Gasteiger partial charge in [-0.2, -0.15) is 0 Å². The number of ether oxygens (including phenoxy) is 1. The van der Waals surface area contributed by atoms with Gasteiger partial charge in [-0.05, 0) is 42.7 Å². The lowest BCUT2D eigenvalue weighted by atomic mass is 9.73. The van der Waals surface area contributed by atoms with Crippen LogP contribution in [-0.4, -0.2) is 45.3 Å². The van der Waals surface area contributed by atoms with Crippen LogP contribution < -0.4 is 0 Å². The molecule has 0 aliphatic heterocycles. The molecule has 1 aliphatic rings. The van der Waals surface area contributed by atoms with Gasteiger partial charge in [0.15, 0.2) is 5.01 Å². The number of esters is 1. The summed E-state index contributed by atoms with van der Waals surface area (Å²) < 4.78 is 5.62. The maximum atomic E-state index is 12.9. The van der Waals surface area contributed by atoms with Crippen LogP contribution in [0.4, 0.5) is 0 Å². The molecule has 1 heterocycles. The highest BCUT2D eigenvalue weighted by Crippen LogP contribution is 2.36. The molecule has 0 unspecified atom stereocenters. The zero-order valence-electron chi connectivity index (χ0n) is 19.1. The monoisotopic (exact) mass is 447 g/mol. The Morgan fingerprint density at radius 2 is 2.00 bits per heavy atom. The SMILES string of the molecule is C#Cc1nc(C2=C(C)[C@@H](OC(=O)C[C@H](O)C(C)(C)C(=O)[C@H](C)[C@@H](O)C(C)C)CC2)cs1. The normalized spacial score (nSPS) is 19.8. The molecular weight excluding hydrogens is 414 g/mol. The lowest BCUT2D eigenvalue weighted by Crippen LogP contribution is -2.45. The van der Waals surface area contributed by atoms with Crippen LogP contribution in [0.3, 0.4) is 0 Å². The van der Waals surface area contributed by atoms with E-state index in [0.29, 0.717) is 11.4 Å². The molecule has 0 spiro atoms. The van der Waals surface area contributed by atoms with E-state index in [4.69, 9.17) is 11.2 Å². The van der Waals surface area contributed by atoms with Crippen molar-refractivity contribution in [1.29, 1.82) is 0 Å². The molecule has 0 saturated heterocycles. The number of ketones is 1. The third-order valence-electron chi connectivity index (χ3n) is 6.26. The predicted molar refractivity (Wildman–Crippen MR) is 121 cm³/mol. The molecule has 170 valence electrons. The summed E-state index contributed by atoms with van der Waals surface area (Å²) >= 11 is 1.40. The van der Waals surface area contributed by atoms with E-state index in [0.717, 1.165) is 23.3 Å². The maximum absolute atomic E-state index is 12.9. The van der Waals surface area contributed by atoms with Gasteiger partial charge in [-0.3, -0.25) is 9.59 Å². The van der Waals surface area contributed by atoms with E-state index in [1.54, 1.807) is 20.8 Å². The van der Waals surface area contributed by atoms with E-state index in [9.17, 15) is 19.8 Å². The molecular formula is C24H33NO5S. The highest BCUT2D eigenvalue weighted by atomic mass is 32.1. The summed E-state index contributed by atoms with van der Waals surface area (Å²) in [5.41, 5.74) is 1.59. The minimum Gasteiger partial charge on any atom is -0.458 e. The summed E-state index contributed by atoms with van der Waals surface area (Å²) in [6, 6.07) is 0. The Labute approximate surface area is 188 Å². The topological polar surface area (TPSA) is 96.7 Å². The third-order valence-corrected chi connectivity index (χ3v) is 7.04. The van der Waals surface area contributed by atoms with Gasteiger partial charge in [0, 0.05) is 11.3 Å². The number of carbonyl (C=O) groups is 2. The van der Waals surface area contributed by atoms with Crippen molar-refractivity contribution < 1.29 is 24.5 Å². The molecule has 2 N–H and O–H groups in total. The smallest absolute Gasteiger partial charge is 0.309 e. The van der Waals surface area contributed by atoms with E-state index < -0.39 is 29.5 Å². The summed E-state index contributed by atoms with van der Waals surface area (Å²) in [4.78, 5) is 29.8. The number of hydrogen-bond donors (Lipinski definition) is 2. The molecule has 0 radical (unpaired) electrons. The number of hydrogen-bond acceptors (Lipinski definition) is 7. The molecule has 6 nitrogen and oxygen atoms in total. The van der Waals surface area contributed by atoms with Crippen LogP contribution in [-0.2, 0) is 14.3 Å². The number of aromatic nitrogens is 1. The van der Waals surface area contributed by atoms with Crippen LogP contribution in [0.15, 0.2) is 11.0 Å². The van der Waals surface area contributed by atoms with Crippen molar-refractivity contribution in [3.63, 3.8) is 0 Å². The standard InChI is InChI=1S/C24H33NO5S/c1-8-20-25-17(12-31-20)16-9-10-18(14(16)4)30-21(27)11-19(26)24(6,7)23(29)15(5)22(28)13(2)3/h1,12-13,15,18-19,22,26,28H,9-11H2,2-7H3/t15-,18+,19+,22+/m1/s1. The first-order valence-electron chi connectivity index (χ1n) is 10.6. The number of aliphatic hydroxyl groups excluding tert-OH is 2. The molecule has 0 amide bonds. The van der Waals surface area contributed by atoms with Crippen LogP contribution >= 0.6 is 11.3 Å². The zero-order valence-corrected chi connectivity index (χ0v) is 20.0. The summed E-state index contributed by atoms with van der Waals surface area (Å²) in [5.74, 6) is 0.960. The van der Waals surface area contributed by atoms with Crippen molar-refractivity contribution in [2.75, 3.05) is 0 Å². The van der Waals surface area contributed by atoms with Crippen molar-refractivity contribution in [2.24, 2.45) is 17.3 Å². The number of nitrogens with zero attached hydrogens (tertiary/aromatic N) is 1. The molecule has 4 atom stereocenters. The molecule has 2 rings (SSSR count). The third kappa shape index (κ3) is 5.62. The summed E-state index contributed by atoms with van der Waals surface area (Å²) in [7, 11) is 0. The molecule has 1 aromatic heterocycles. The van der Waals surface area contributed by atoms with Crippen molar-refractivity contribution in [1.82, 2.24) is 4.98 Å². The van der Waals surface area contributed by atoms with Crippen LogP contribution in [0.5, 0.6) is 0 Å². The van der Waals surface area contributed by atoms with E-state index in [-0.39, 0.29) is 24.2 Å². The summed E-state index contributed by atoms with van der Waals surface area (Å²) in [6.45, 7) is 10.4. The molecule has 0 bridgehead atoms. The second-order valence-corrected chi connectivity index (χ2v) is 10.0. The van der Waals surface area contributed by atoms with Gasteiger partial charge in [-0.15, -0.1) is 17.8 Å². The lowest BCUT2D eigenvalue weighted by molar-refractivity contribution is -0.154. The summed E-state index contributed by atoms with van der Waals surface area (Å²) in [5, 5.41) is 23.4. The van der Waals surface area contributed by atoms with Crippen molar-refractivity contribution in [3.05, 3.63) is 21.7 Å². The van der Waals surface area contributed by atoms with E-state index in [2.05, 4.69) is 10.9 Å². The van der Waals surface area contributed by atoms with Crippen LogP contribution in [0.1, 0.15) is 71.5 Å². The lowest BCUT2D eigenvalue weighted by Gasteiger charge is -2.33.